The van der Waals surface area contributed by atoms with E-state index < -0.39 is 6.10 Å². The third-order valence-electron chi connectivity index (χ3n) is 2.25. The number of rotatable bonds is 0. The maximum Gasteiger partial charge on any atom is 0.114 e. The lowest BCUT2D eigenvalue weighted by atomic mass is 9.92. The molecule has 0 aromatic heterocycles. The second kappa shape index (κ2) is 3.46. The molecule has 0 spiro atoms. The fraction of sp³-hybridized carbons (Fsp3) is 0.400. The number of halogens is 1. The van der Waals surface area contributed by atoms with Gasteiger partial charge < -0.3 is 5.11 Å². The van der Waals surface area contributed by atoms with Gasteiger partial charge in [0.25, 0.3) is 0 Å². The number of hydrogen-bond acceptors (Lipinski definition) is 1. The van der Waals surface area contributed by atoms with Crippen LogP contribution in [-0.4, -0.2) is 11.2 Å². The minimum absolute atomic E-state index is 0.506. The van der Waals surface area contributed by atoms with E-state index in [2.05, 4.69) is 0 Å². The van der Waals surface area contributed by atoms with E-state index in [4.69, 9.17) is 11.6 Å². The second-order valence-corrected chi connectivity index (χ2v) is 3.42. The molecular weight excluding hydrogens is 172 g/mol. The molecule has 0 heterocycles. The van der Waals surface area contributed by atoms with Crippen LogP contribution < -0.4 is 0 Å². The van der Waals surface area contributed by atoms with Crippen molar-refractivity contribution in [2.24, 2.45) is 0 Å². The summed E-state index contributed by atoms with van der Waals surface area (Å²) in [5, 5.41) is 10.1. The highest BCUT2D eigenvalue weighted by Gasteiger charge is 2.20. The average molecular weight is 185 g/mol. The summed E-state index contributed by atoms with van der Waals surface area (Å²) in [6.45, 7) is 5.89. The molecule has 66 valence electrons. The van der Waals surface area contributed by atoms with Gasteiger partial charge in [0.05, 0.1) is 5.03 Å². The maximum absolute atomic E-state index is 9.62. The van der Waals surface area contributed by atoms with Crippen LogP contribution in [0.5, 0.6) is 0 Å². The Hall–Kier alpha value is -0.530. The molecule has 1 unspecified atom stereocenters. The zero-order valence-electron chi connectivity index (χ0n) is 7.56. The molecule has 0 radical (unpaired) electrons. The van der Waals surface area contributed by atoms with Gasteiger partial charge in [-0.2, -0.15) is 0 Å². The van der Waals surface area contributed by atoms with E-state index in [9.17, 15) is 5.11 Å². The zero-order valence-corrected chi connectivity index (χ0v) is 8.31. The fourth-order valence-electron chi connectivity index (χ4n) is 1.35. The van der Waals surface area contributed by atoms with Crippen LogP contribution in [0.2, 0.25) is 0 Å². The summed E-state index contributed by atoms with van der Waals surface area (Å²) in [6.07, 6.45) is 3.09. The van der Waals surface area contributed by atoms with E-state index in [0.717, 1.165) is 16.7 Å². The van der Waals surface area contributed by atoms with Crippen molar-refractivity contribution >= 4 is 11.6 Å². The summed E-state index contributed by atoms with van der Waals surface area (Å²) in [6, 6.07) is 0. The Morgan fingerprint density at radius 3 is 2.58 bits per heavy atom. The highest BCUT2D eigenvalue weighted by molar-refractivity contribution is 6.30. The third kappa shape index (κ3) is 1.47. The first-order valence-corrected chi connectivity index (χ1v) is 4.35. The van der Waals surface area contributed by atoms with Gasteiger partial charge in [-0.25, -0.2) is 0 Å². The van der Waals surface area contributed by atoms with Crippen molar-refractivity contribution in [3.63, 3.8) is 0 Å². The average Bonchev–Trinajstić information content (AvgIpc) is 2.02. The molecule has 0 aromatic rings. The van der Waals surface area contributed by atoms with E-state index in [1.54, 1.807) is 0 Å². The van der Waals surface area contributed by atoms with Crippen molar-refractivity contribution in [2.75, 3.05) is 0 Å². The second-order valence-electron chi connectivity index (χ2n) is 2.98. The van der Waals surface area contributed by atoms with Crippen LogP contribution in [0.3, 0.4) is 0 Å². The summed E-state index contributed by atoms with van der Waals surface area (Å²) in [5.41, 5.74) is 3.16. The molecule has 1 aliphatic rings. The van der Waals surface area contributed by atoms with E-state index >= 15 is 0 Å². The van der Waals surface area contributed by atoms with Gasteiger partial charge in [0.1, 0.15) is 6.10 Å². The fourth-order valence-corrected chi connectivity index (χ4v) is 1.63. The SMILES string of the molecule is CC=C1C(C)=C(C)C=C(Cl)C1O. The van der Waals surface area contributed by atoms with Crippen LogP contribution in [0.4, 0.5) is 0 Å². The molecule has 0 saturated heterocycles. The van der Waals surface area contributed by atoms with Gasteiger partial charge >= 0.3 is 0 Å². The molecule has 0 aliphatic heterocycles. The molecule has 1 aliphatic carbocycles. The van der Waals surface area contributed by atoms with Gasteiger partial charge in [-0.1, -0.05) is 17.7 Å². The van der Waals surface area contributed by atoms with Crippen molar-refractivity contribution in [3.8, 4) is 0 Å². The van der Waals surface area contributed by atoms with Gasteiger partial charge in [-0.3, -0.25) is 0 Å². The van der Waals surface area contributed by atoms with Gasteiger partial charge in [-0.15, -0.1) is 0 Å². The van der Waals surface area contributed by atoms with Crippen LogP contribution in [0, 0.1) is 0 Å². The lowest BCUT2D eigenvalue weighted by Crippen LogP contribution is -2.15. The molecular formula is C10H13ClO. The van der Waals surface area contributed by atoms with Crippen molar-refractivity contribution in [3.05, 3.63) is 33.9 Å². The van der Waals surface area contributed by atoms with Crippen molar-refractivity contribution in [2.45, 2.75) is 26.9 Å². The Balaban J connectivity index is 3.18. The van der Waals surface area contributed by atoms with Crippen molar-refractivity contribution < 1.29 is 5.11 Å². The predicted molar refractivity (Wildman–Crippen MR) is 52.1 cm³/mol. The van der Waals surface area contributed by atoms with Crippen molar-refractivity contribution in [1.82, 2.24) is 0 Å². The highest BCUT2D eigenvalue weighted by atomic mass is 35.5. The van der Waals surface area contributed by atoms with E-state index in [1.807, 2.05) is 32.9 Å². The standard InChI is InChI=1S/C10H13ClO/c1-4-8-7(3)6(2)5-9(11)10(8)12/h4-5,10,12H,1-3H3. The Kier molecular flexibility index (Phi) is 2.76. The molecule has 0 amide bonds. The number of hydrogen-bond donors (Lipinski definition) is 1. The topological polar surface area (TPSA) is 20.2 Å². The van der Waals surface area contributed by atoms with Crippen LogP contribution >= 0.6 is 11.6 Å². The zero-order chi connectivity index (χ0) is 9.30. The first kappa shape index (κ1) is 9.56. The first-order chi connectivity index (χ1) is 5.57. The highest BCUT2D eigenvalue weighted by Crippen LogP contribution is 2.30. The van der Waals surface area contributed by atoms with Crippen LogP contribution in [-0.2, 0) is 0 Å². The molecule has 12 heavy (non-hydrogen) atoms. The third-order valence-corrected chi connectivity index (χ3v) is 2.56. The summed E-state index contributed by atoms with van der Waals surface area (Å²) in [5.74, 6) is 0. The predicted octanol–water partition coefficient (Wildman–Crippen LogP) is 2.77. The molecule has 0 saturated carbocycles. The number of allylic oxidation sites excluding steroid dienone is 3. The lowest BCUT2D eigenvalue weighted by molar-refractivity contribution is 0.255. The Morgan fingerprint density at radius 2 is 2.08 bits per heavy atom. The van der Waals surface area contributed by atoms with Crippen molar-refractivity contribution in [1.29, 1.82) is 0 Å². The van der Waals surface area contributed by atoms with Crippen LogP contribution in [0.25, 0.3) is 0 Å². The quantitative estimate of drug-likeness (QED) is 0.614. The summed E-state index contributed by atoms with van der Waals surface area (Å²) >= 11 is 5.84. The van der Waals surface area contributed by atoms with E-state index in [1.165, 1.54) is 0 Å². The first-order valence-electron chi connectivity index (χ1n) is 3.97. The van der Waals surface area contributed by atoms with Gasteiger partial charge in [0, 0.05) is 0 Å². The van der Waals surface area contributed by atoms with Crippen LogP contribution in [0.1, 0.15) is 20.8 Å². The van der Waals surface area contributed by atoms with Gasteiger partial charge in [0.15, 0.2) is 0 Å². The minimum atomic E-state index is -0.625. The van der Waals surface area contributed by atoms with E-state index in [-0.39, 0.29) is 0 Å². The van der Waals surface area contributed by atoms with Gasteiger partial charge in [-0.05, 0) is 43.6 Å². The largest absolute Gasteiger partial charge is 0.383 e. The molecule has 0 aromatic carbocycles. The Morgan fingerprint density at radius 1 is 1.50 bits per heavy atom. The Bertz CT molecular complexity index is 284. The molecule has 1 N–H and O–H groups in total. The molecule has 1 nitrogen and oxygen atoms in total. The smallest absolute Gasteiger partial charge is 0.114 e. The molecule has 1 atom stereocenters. The Labute approximate surface area is 78.0 Å². The minimum Gasteiger partial charge on any atom is -0.383 e. The maximum atomic E-state index is 9.62. The summed E-state index contributed by atoms with van der Waals surface area (Å²) in [4.78, 5) is 0. The van der Waals surface area contributed by atoms with Gasteiger partial charge in [0.2, 0.25) is 0 Å². The summed E-state index contributed by atoms with van der Waals surface area (Å²) < 4.78 is 0. The van der Waals surface area contributed by atoms with E-state index in [0.29, 0.717) is 5.03 Å². The molecule has 1 rings (SSSR count). The molecule has 0 fully saturated rings. The summed E-state index contributed by atoms with van der Waals surface area (Å²) in [7, 11) is 0. The number of aliphatic hydroxyl groups excluding tert-OH is 1. The molecule has 2 heteroatoms. The monoisotopic (exact) mass is 184 g/mol. The van der Waals surface area contributed by atoms with Crippen LogP contribution in [0.15, 0.2) is 33.9 Å². The molecule has 0 bridgehead atoms. The normalized spacial score (nSPS) is 27.9. The number of aliphatic hydroxyl groups is 1. The lowest BCUT2D eigenvalue weighted by Gasteiger charge is -2.21.